The van der Waals surface area contributed by atoms with Crippen LogP contribution in [-0.2, 0) is 5.54 Å². The zero-order valence-corrected chi connectivity index (χ0v) is 10.4. The summed E-state index contributed by atoms with van der Waals surface area (Å²) in [6.45, 7) is 4.20. The van der Waals surface area contributed by atoms with Crippen LogP contribution in [0.2, 0.25) is 0 Å². The van der Waals surface area contributed by atoms with Gasteiger partial charge in [-0.25, -0.2) is 0 Å². The molecule has 0 spiro atoms. The van der Waals surface area contributed by atoms with Crippen LogP contribution in [0, 0.1) is 6.92 Å². The molecule has 0 aliphatic carbocycles. The van der Waals surface area contributed by atoms with Crippen LogP contribution in [0.4, 0.5) is 0 Å². The topological polar surface area (TPSA) is 38.9 Å². The molecular weight excluding hydrogens is 208 g/mol. The number of benzene rings is 1. The van der Waals surface area contributed by atoms with Crippen molar-refractivity contribution >= 4 is 0 Å². The summed E-state index contributed by atoms with van der Waals surface area (Å²) < 4.78 is 0. The Balaban J connectivity index is 2.52. The fraction of sp³-hybridized carbons (Fsp3) is 0.267. The van der Waals surface area contributed by atoms with Crippen LogP contribution in [0.25, 0.3) is 0 Å². The molecule has 0 saturated heterocycles. The highest BCUT2D eigenvalue weighted by molar-refractivity contribution is 5.38. The normalized spacial score (nSPS) is 14.3. The van der Waals surface area contributed by atoms with Crippen molar-refractivity contribution in [2.75, 3.05) is 0 Å². The first-order chi connectivity index (χ1) is 8.16. The fourth-order valence-corrected chi connectivity index (χ4v) is 2.15. The molecule has 2 nitrogen and oxygen atoms in total. The zero-order valence-electron chi connectivity index (χ0n) is 10.4. The molecule has 1 unspecified atom stereocenters. The highest BCUT2D eigenvalue weighted by Gasteiger charge is 2.27. The number of rotatable bonds is 3. The smallest absolute Gasteiger partial charge is 0.0664 e. The number of aryl methyl sites for hydroxylation is 1. The van der Waals surface area contributed by atoms with Gasteiger partial charge in [-0.2, -0.15) is 0 Å². The molecule has 1 heterocycles. The van der Waals surface area contributed by atoms with Crippen LogP contribution in [0.5, 0.6) is 0 Å². The van der Waals surface area contributed by atoms with Gasteiger partial charge in [0.15, 0.2) is 0 Å². The molecule has 2 rings (SSSR count). The first-order valence-corrected chi connectivity index (χ1v) is 5.93. The van der Waals surface area contributed by atoms with Crippen LogP contribution in [0.1, 0.15) is 30.0 Å². The Morgan fingerprint density at radius 1 is 1.12 bits per heavy atom. The molecule has 0 fully saturated rings. The van der Waals surface area contributed by atoms with Crippen molar-refractivity contribution in [2.45, 2.75) is 25.8 Å². The Bertz CT molecular complexity index is 493. The molecule has 0 radical (unpaired) electrons. The summed E-state index contributed by atoms with van der Waals surface area (Å²) in [4.78, 5) is 4.05. The van der Waals surface area contributed by atoms with Crippen molar-refractivity contribution in [3.63, 3.8) is 0 Å². The van der Waals surface area contributed by atoms with Gasteiger partial charge >= 0.3 is 0 Å². The molecule has 0 aliphatic heterocycles. The van der Waals surface area contributed by atoms with Crippen molar-refractivity contribution in [2.24, 2.45) is 5.73 Å². The number of aromatic nitrogens is 1. The van der Waals surface area contributed by atoms with E-state index in [2.05, 4.69) is 43.1 Å². The van der Waals surface area contributed by atoms with Crippen LogP contribution < -0.4 is 5.73 Å². The van der Waals surface area contributed by atoms with Gasteiger partial charge in [0.2, 0.25) is 0 Å². The first-order valence-electron chi connectivity index (χ1n) is 5.93. The van der Waals surface area contributed by atoms with Gasteiger partial charge in [0.1, 0.15) is 0 Å². The van der Waals surface area contributed by atoms with Crippen LogP contribution in [-0.4, -0.2) is 4.98 Å². The van der Waals surface area contributed by atoms with Gasteiger partial charge in [-0.15, -0.1) is 0 Å². The third-order valence-corrected chi connectivity index (χ3v) is 3.29. The van der Waals surface area contributed by atoms with E-state index in [9.17, 15) is 0 Å². The number of nitrogens with two attached hydrogens (primary N) is 1. The maximum absolute atomic E-state index is 6.58. The standard InChI is InChI=1S/C15H18N2/c1-3-15(16,13-7-9-17-10-8-13)14-6-4-5-12(2)11-14/h4-11H,3,16H2,1-2H3. The Morgan fingerprint density at radius 3 is 2.41 bits per heavy atom. The number of hydrogen-bond acceptors (Lipinski definition) is 2. The molecule has 0 amide bonds. The van der Waals surface area contributed by atoms with Gasteiger partial charge in [-0.05, 0) is 36.6 Å². The lowest BCUT2D eigenvalue weighted by Gasteiger charge is -2.29. The number of pyridine rings is 1. The maximum Gasteiger partial charge on any atom is 0.0664 e. The SMILES string of the molecule is CCC(N)(c1ccncc1)c1cccc(C)c1. The third-order valence-electron chi connectivity index (χ3n) is 3.29. The van der Waals surface area contributed by atoms with Crippen molar-refractivity contribution in [1.29, 1.82) is 0 Å². The molecule has 2 aromatic rings. The Morgan fingerprint density at radius 2 is 1.82 bits per heavy atom. The van der Waals surface area contributed by atoms with Gasteiger partial charge in [0.05, 0.1) is 5.54 Å². The Kier molecular flexibility index (Phi) is 3.25. The largest absolute Gasteiger partial charge is 0.318 e. The summed E-state index contributed by atoms with van der Waals surface area (Å²) in [5.74, 6) is 0. The second-order valence-corrected chi connectivity index (χ2v) is 4.43. The highest BCUT2D eigenvalue weighted by atomic mass is 14.7. The average molecular weight is 226 g/mol. The summed E-state index contributed by atoms with van der Waals surface area (Å²) in [6.07, 6.45) is 4.45. The van der Waals surface area contributed by atoms with E-state index in [1.807, 2.05) is 12.1 Å². The van der Waals surface area contributed by atoms with Crippen molar-refractivity contribution in [1.82, 2.24) is 4.98 Å². The van der Waals surface area contributed by atoms with E-state index < -0.39 is 5.54 Å². The second-order valence-electron chi connectivity index (χ2n) is 4.43. The summed E-state index contributed by atoms with van der Waals surface area (Å²) in [7, 11) is 0. The fourth-order valence-electron chi connectivity index (χ4n) is 2.15. The lowest BCUT2D eigenvalue weighted by atomic mass is 9.81. The summed E-state index contributed by atoms with van der Waals surface area (Å²) >= 11 is 0. The monoisotopic (exact) mass is 226 g/mol. The molecule has 0 bridgehead atoms. The van der Waals surface area contributed by atoms with Gasteiger partial charge in [-0.1, -0.05) is 36.8 Å². The molecule has 1 atom stereocenters. The lowest BCUT2D eigenvalue weighted by molar-refractivity contribution is 0.518. The minimum atomic E-state index is -0.422. The Hall–Kier alpha value is -1.67. The van der Waals surface area contributed by atoms with Crippen LogP contribution >= 0.6 is 0 Å². The van der Waals surface area contributed by atoms with E-state index in [4.69, 9.17) is 5.73 Å². The van der Waals surface area contributed by atoms with E-state index in [1.165, 1.54) is 5.56 Å². The molecule has 1 aromatic carbocycles. The molecule has 0 aliphatic rings. The van der Waals surface area contributed by atoms with Crippen molar-refractivity contribution in [3.05, 3.63) is 65.5 Å². The van der Waals surface area contributed by atoms with E-state index in [0.717, 1.165) is 17.5 Å². The summed E-state index contributed by atoms with van der Waals surface area (Å²) in [5, 5.41) is 0. The molecular formula is C15H18N2. The summed E-state index contributed by atoms with van der Waals surface area (Å²) in [5.41, 5.74) is 9.67. The number of nitrogens with zero attached hydrogens (tertiary/aromatic N) is 1. The van der Waals surface area contributed by atoms with Crippen molar-refractivity contribution in [3.8, 4) is 0 Å². The molecule has 88 valence electrons. The molecule has 2 heteroatoms. The van der Waals surface area contributed by atoms with Gasteiger partial charge in [-0.3, -0.25) is 4.98 Å². The highest BCUT2D eigenvalue weighted by Crippen LogP contribution is 2.30. The minimum Gasteiger partial charge on any atom is -0.318 e. The predicted molar refractivity (Wildman–Crippen MR) is 70.7 cm³/mol. The quantitative estimate of drug-likeness (QED) is 0.873. The van der Waals surface area contributed by atoms with E-state index in [1.54, 1.807) is 12.4 Å². The second kappa shape index (κ2) is 4.68. The zero-order chi connectivity index (χ0) is 12.3. The van der Waals surface area contributed by atoms with E-state index in [0.29, 0.717) is 0 Å². The molecule has 0 saturated carbocycles. The van der Waals surface area contributed by atoms with Gasteiger partial charge < -0.3 is 5.73 Å². The maximum atomic E-state index is 6.58. The predicted octanol–water partition coefficient (Wildman–Crippen LogP) is 3.00. The van der Waals surface area contributed by atoms with Crippen LogP contribution in [0.15, 0.2) is 48.8 Å². The number of hydrogen-bond donors (Lipinski definition) is 1. The Labute approximate surface area is 103 Å². The first kappa shape index (κ1) is 11.8. The summed E-state index contributed by atoms with van der Waals surface area (Å²) in [6, 6.07) is 12.4. The molecule has 17 heavy (non-hydrogen) atoms. The molecule has 1 aromatic heterocycles. The van der Waals surface area contributed by atoms with E-state index >= 15 is 0 Å². The minimum absolute atomic E-state index is 0.422. The van der Waals surface area contributed by atoms with Crippen molar-refractivity contribution < 1.29 is 0 Å². The van der Waals surface area contributed by atoms with E-state index in [-0.39, 0.29) is 0 Å². The molecule has 2 N–H and O–H groups in total. The van der Waals surface area contributed by atoms with Crippen LogP contribution in [0.3, 0.4) is 0 Å². The van der Waals surface area contributed by atoms with Gasteiger partial charge in [0, 0.05) is 12.4 Å². The third kappa shape index (κ3) is 2.22. The lowest BCUT2D eigenvalue weighted by Crippen LogP contribution is -2.37. The van der Waals surface area contributed by atoms with Gasteiger partial charge in [0.25, 0.3) is 0 Å². The average Bonchev–Trinajstić information content (AvgIpc) is 2.39.